The van der Waals surface area contributed by atoms with Crippen LogP contribution in [0.15, 0.2) is 45.9 Å². The maximum Gasteiger partial charge on any atom is 0.276 e. The second-order valence-electron chi connectivity index (χ2n) is 6.07. The van der Waals surface area contributed by atoms with Crippen molar-refractivity contribution in [3.63, 3.8) is 0 Å². The number of para-hydroxylation sites is 2. The molecular formula is C17H20N2O4S. The van der Waals surface area contributed by atoms with Crippen LogP contribution in [0.4, 0.5) is 5.69 Å². The Morgan fingerprint density at radius 3 is 2.62 bits per heavy atom. The molecule has 0 saturated carbocycles. The van der Waals surface area contributed by atoms with E-state index in [1.165, 1.54) is 4.31 Å². The van der Waals surface area contributed by atoms with E-state index in [2.05, 4.69) is 4.90 Å². The average Bonchev–Trinajstić information content (AvgIpc) is 3.28. The third-order valence-corrected chi connectivity index (χ3v) is 6.24. The van der Waals surface area contributed by atoms with Gasteiger partial charge in [-0.3, -0.25) is 0 Å². The number of benzene rings is 1. The van der Waals surface area contributed by atoms with E-state index in [9.17, 15) is 8.42 Å². The Balaban J connectivity index is 1.54. The summed E-state index contributed by atoms with van der Waals surface area (Å²) in [5.74, 6) is 1.49. The second kappa shape index (κ2) is 6.14. The minimum Gasteiger partial charge on any atom is -0.490 e. The van der Waals surface area contributed by atoms with Gasteiger partial charge in [0.25, 0.3) is 10.0 Å². The van der Waals surface area contributed by atoms with Crippen molar-refractivity contribution in [3.05, 3.63) is 42.2 Å². The van der Waals surface area contributed by atoms with E-state index in [0.717, 1.165) is 30.8 Å². The van der Waals surface area contributed by atoms with Crippen molar-refractivity contribution < 1.29 is 17.6 Å². The number of rotatable bonds is 4. The first-order valence-electron chi connectivity index (χ1n) is 8.20. The summed E-state index contributed by atoms with van der Waals surface area (Å²) < 4.78 is 37.9. The van der Waals surface area contributed by atoms with Crippen LogP contribution in [0, 0.1) is 0 Å². The minimum atomic E-state index is -3.50. The molecule has 0 aliphatic carbocycles. The highest BCUT2D eigenvalue weighted by Crippen LogP contribution is 2.32. The third-order valence-electron chi connectivity index (χ3n) is 4.47. The molecule has 2 aromatic rings. The monoisotopic (exact) mass is 348 g/mol. The number of nitrogens with zero attached hydrogens (tertiary/aromatic N) is 2. The van der Waals surface area contributed by atoms with E-state index < -0.39 is 10.0 Å². The van der Waals surface area contributed by atoms with Gasteiger partial charge in [0.2, 0.25) is 5.09 Å². The molecular weight excluding hydrogens is 328 g/mol. The standard InChI is InChI=1S/C17H20N2O4S/c20-24(21,19-9-3-4-10-19)17-8-7-14(23-17)13-18-11-12-22-16-6-2-1-5-15(16)18/h1-2,5-8H,3-4,9-13H2. The zero-order valence-electron chi connectivity index (χ0n) is 13.3. The number of hydrogen-bond acceptors (Lipinski definition) is 5. The number of hydrogen-bond donors (Lipinski definition) is 0. The van der Waals surface area contributed by atoms with Gasteiger partial charge in [-0.2, -0.15) is 4.31 Å². The van der Waals surface area contributed by atoms with Crippen LogP contribution in [0.2, 0.25) is 0 Å². The quantitative estimate of drug-likeness (QED) is 0.849. The highest BCUT2D eigenvalue weighted by atomic mass is 32.2. The maximum atomic E-state index is 12.5. The summed E-state index contributed by atoms with van der Waals surface area (Å²) in [7, 11) is -3.50. The van der Waals surface area contributed by atoms with Gasteiger partial charge in [-0.15, -0.1) is 0 Å². The molecule has 0 N–H and O–H groups in total. The SMILES string of the molecule is O=S(=O)(c1ccc(CN2CCOc3ccccc32)o1)N1CCCC1. The fraction of sp³-hybridized carbons (Fsp3) is 0.412. The first-order valence-corrected chi connectivity index (χ1v) is 9.64. The normalized spacial score (nSPS) is 18.4. The van der Waals surface area contributed by atoms with Gasteiger partial charge in [0.1, 0.15) is 18.1 Å². The first kappa shape index (κ1) is 15.5. The van der Waals surface area contributed by atoms with Gasteiger partial charge >= 0.3 is 0 Å². The molecule has 2 aliphatic heterocycles. The fourth-order valence-corrected chi connectivity index (χ4v) is 4.66. The Morgan fingerprint density at radius 2 is 1.79 bits per heavy atom. The zero-order valence-corrected chi connectivity index (χ0v) is 14.2. The van der Waals surface area contributed by atoms with Gasteiger partial charge in [0.15, 0.2) is 0 Å². The Labute approximate surface area is 141 Å². The maximum absolute atomic E-state index is 12.5. The summed E-state index contributed by atoms with van der Waals surface area (Å²) in [6.45, 7) is 3.03. The average molecular weight is 348 g/mol. The molecule has 3 heterocycles. The van der Waals surface area contributed by atoms with Crippen molar-refractivity contribution in [1.82, 2.24) is 4.31 Å². The Kier molecular flexibility index (Phi) is 3.97. The van der Waals surface area contributed by atoms with Crippen LogP contribution < -0.4 is 9.64 Å². The molecule has 128 valence electrons. The Hall–Kier alpha value is -1.99. The summed E-state index contributed by atoms with van der Waals surface area (Å²) >= 11 is 0. The lowest BCUT2D eigenvalue weighted by Gasteiger charge is -2.30. The molecule has 0 radical (unpaired) electrons. The molecule has 2 aliphatic rings. The van der Waals surface area contributed by atoms with Crippen molar-refractivity contribution >= 4 is 15.7 Å². The number of sulfonamides is 1. The number of fused-ring (bicyclic) bond motifs is 1. The van der Waals surface area contributed by atoms with Crippen LogP contribution in [0.25, 0.3) is 0 Å². The molecule has 4 rings (SSSR count). The predicted octanol–water partition coefficient (Wildman–Crippen LogP) is 2.46. The summed E-state index contributed by atoms with van der Waals surface area (Å²) in [4.78, 5) is 2.14. The van der Waals surface area contributed by atoms with Gasteiger partial charge in [-0.25, -0.2) is 8.42 Å². The van der Waals surface area contributed by atoms with Crippen molar-refractivity contribution in [2.24, 2.45) is 0 Å². The van der Waals surface area contributed by atoms with E-state index >= 15 is 0 Å². The molecule has 1 aromatic carbocycles. The Bertz CT molecular complexity index is 825. The molecule has 0 bridgehead atoms. The smallest absolute Gasteiger partial charge is 0.276 e. The van der Waals surface area contributed by atoms with Gasteiger partial charge in [0.05, 0.1) is 18.8 Å². The molecule has 0 unspecified atom stereocenters. The number of ether oxygens (including phenoxy) is 1. The van der Waals surface area contributed by atoms with Crippen molar-refractivity contribution in [1.29, 1.82) is 0 Å². The molecule has 0 spiro atoms. The van der Waals surface area contributed by atoms with Gasteiger partial charge in [-0.1, -0.05) is 12.1 Å². The van der Waals surface area contributed by atoms with E-state index in [4.69, 9.17) is 9.15 Å². The van der Waals surface area contributed by atoms with E-state index in [0.29, 0.717) is 32.0 Å². The largest absolute Gasteiger partial charge is 0.490 e. The van der Waals surface area contributed by atoms with E-state index in [-0.39, 0.29) is 5.09 Å². The van der Waals surface area contributed by atoms with Crippen molar-refractivity contribution in [2.75, 3.05) is 31.1 Å². The van der Waals surface area contributed by atoms with Crippen LogP contribution in [0.1, 0.15) is 18.6 Å². The molecule has 0 atom stereocenters. The van der Waals surface area contributed by atoms with Gasteiger partial charge < -0.3 is 14.1 Å². The fourth-order valence-electron chi connectivity index (χ4n) is 3.22. The van der Waals surface area contributed by atoms with Crippen LogP contribution in [-0.4, -0.2) is 39.0 Å². The zero-order chi connectivity index (χ0) is 16.6. The molecule has 1 saturated heterocycles. The summed E-state index contributed by atoms with van der Waals surface area (Å²) in [6, 6.07) is 11.2. The van der Waals surface area contributed by atoms with E-state index in [1.54, 1.807) is 12.1 Å². The summed E-state index contributed by atoms with van der Waals surface area (Å²) in [5, 5.41) is 0.0425. The molecule has 0 amide bonds. The van der Waals surface area contributed by atoms with Crippen LogP contribution >= 0.6 is 0 Å². The number of anilines is 1. The lowest BCUT2D eigenvalue weighted by Crippen LogP contribution is -2.32. The van der Waals surface area contributed by atoms with Gasteiger partial charge in [0, 0.05) is 13.1 Å². The van der Waals surface area contributed by atoms with Crippen LogP contribution in [0.5, 0.6) is 5.75 Å². The van der Waals surface area contributed by atoms with Crippen LogP contribution in [0.3, 0.4) is 0 Å². The minimum absolute atomic E-state index is 0.0425. The van der Waals surface area contributed by atoms with Crippen molar-refractivity contribution in [3.8, 4) is 5.75 Å². The predicted molar refractivity (Wildman–Crippen MR) is 89.7 cm³/mol. The van der Waals surface area contributed by atoms with E-state index in [1.807, 2.05) is 24.3 Å². The van der Waals surface area contributed by atoms with Gasteiger partial charge in [-0.05, 0) is 37.1 Å². The molecule has 1 fully saturated rings. The molecule has 24 heavy (non-hydrogen) atoms. The highest BCUT2D eigenvalue weighted by molar-refractivity contribution is 7.89. The lowest BCUT2D eigenvalue weighted by atomic mass is 10.2. The second-order valence-corrected chi connectivity index (χ2v) is 7.94. The summed E-state index contributed by atoms with van der Waals surface area (Å²) in [6.07, 6.45) is 1.83. The topological polar surface area (TPSA) is 63.0 Å². The summed E-state index contributed by atoms with van der Waals surface area (Å²) in [5.41, 5.74) is 1.00. The Morgan fingerprint density at radius 1 is 1.00 bits per heavy atom. The molecule has 1 aromatic heterocycles. The van der Waals surface area contributed by atoms with Crippen molar-refractivity contribution in [2.45, 2.75) is 24.5 Å². The lowest BCUT2D eigenvalue weighted by molar-refractivity contribution is 0.302. The highest BCUT2D eigenvalue weighted by Gasteiger charge is 2.30. The third kappa shape index (κ3) is 2.78. The van der Waals surface area contributed by atoms with Crippen LogP contribution in [-0.2, 0) is 16.6 Å². The molecule has 7 heteroatoms. The number of furan rings is 1. The first-order chi connectivity index (χ1) is 11.6. The molecule has 6 nitrogen and oxygen atoms in total.